The molecule has 150 valence electrons. The van der Waals surface area contributed by atoms with Gasteiger partial charge in [-0.2, -0.15) is 0 Å². The van der Waals surface area contributed by atoms with Crippen molar-refractivity contribution in [3.63, 3.8) is 0 Å². The molecule has 1 fully saturated rings. The zero-order valence-electron chi connectivity index (χ0n) is 15.8. The molecule has 1 N–H and O–H groups in total. The van der Waals surface area contributed by atoms with Gasteiger partial charge in [0.05, 0.1) is 15.4 Å². The highest BCUT2D eigenvalue weighted by molar-refractivity contribution is 14.1. The minimum Gasteiger partial charge on any atom is -0.481 e. The van der Waals surface area contributed by atoms with Crippen LogP contribution in [-0.2, 0) is 19.1 Å². The number of hydrogen-bond donors (Lipinski definition) is 1. The van der Waals surface area contributed by atoms with Crippen molar-refractivity contribution in [1.29, 1.82) is 0 Å². The van der Waals surface area contributed by atoms with E-state index in [9.17, 15) is 14.4 Å². The Labute approximate surface area is 181 Å². The molecule has 2 amide bonds. The third-order valence-electron chi connectivity index (χ3n) is 3.89. The van der Waals surface area contributed by atoms with E-state index in [1.54, 1.807) is 56.3 Å². The first-order chi connectivity index (χ1) is 13.8. The summed E-state index contributed by atoms with van der Waals surface area (Å²) in [6.07, 6.45) is 1.32. The first kappa shape index (κ1) is 20.8. The van der Waals surface area contributed by atoms with Crippen LogP contribution < -0.4 is 15.2 Å². The minimum atomic E-state index is -0.467. The third-order valence-corrected chi connectivity index (χ3v) is 4.73. The van der Waals surface area contributed by atoms with Crippen molar-refractivity contribution >= 4 is 52.1 Å². The van der Waals surface area contributed by atoms with E-state index in [4.69, 9.17) is 9.47 Å². The highest BCUT2D eigenvalue weighted by Gasteiger charge is 2.34. The molecule has 2 aromatic rings. The lowest BCUT2D eigenvalue weighted by Crippen LogP contribution is -2.35. The maximum atomic E-state index is 12.6. The van der Waals surface area contributed by atoms with E-state index in [-0.39, 0.29) is 18.3 Å². The molecule has 1 aliphatic heterocycles. The van der Waals surface area contributed by atoms with Crippen LogP contribution in [0, 0.1) is 3.57 Å². The van der Waals surface area contributed by atoms with Crippen LogP contribution in [0.1, 0.15) is 19.4 Å². The van der Waals surface area contributed by atoms with Gasteiger partial charge in [-0.1, -0.05) is 24.3 Å². The molecule has 7 nitrogen and oxygen atoms in total. The number of nitrogens with zero attached hydrogens (tertiary/aromatic N) is 1. The third kappa shape index (κ3) is 5.14. The van der Waals surface area contributed by atoms with Crippen molar-refractivity contribution < 1.29 is 23.9 Å². The van der Waals surface area contributed by atoms with Crippen LogP contribution >= 0.6 is 22.6 Å². The van der Waals surface area contributed by atoms with E-state index in [0.29, 0.717) is 17.0 Å². The van der Waals surface area contributed by atoms with Crippen LogP contribution in [0.2, 0.25) is 0 Å². The number of amides is 2. The second kappa shape index (κ2) is 9.08. The molecule has 8 heteroatoms. The molecule has 1 saturated heterocycles. The molecule has 0 aliphatic carbocycles. The first-order valence-corrected chi connectivity index (χ1v) is 9.97. The SMILES string of the molecule is CC(C)OC(=O)COc1ccc(/C=C2/C(=O)NN(c3ccccc3)C2=O)cc1I. The Bertz CT molecular complexity index is 972. The minimum absolute atomic E-state index is 0.0406. The van der Waals surface area contributed by atoms with Crippen LogP contribution in [0.3, 0.4) is 0 Å². The maximum Gasteiger partial charge on any atom is 0.344 e. The zero-order chi connectivity index (χ0) is 21.0. The van der Waals surface area contributed by atoms with Crippen molar-refractivity contribution in [3.05, 3.63) is 63.2 Å². The largest absolute Gasteiger partial charge is 0.481 e. The molecule has 0 radical (unpaired) electrons. The summed E-state index contributed by atoms with van der Waals surface area (Å²) in [6.45, 7) is 3.34. The Kier molecular flexibility index (Phi) is 6.53. The lowest BCUT2D eigenvalue weighted by Gasteiger charge is -2.13. The second-order valence-electron chi connectivity index (χ2n) is 6.49. The molecule has 0 aromatic heterocycles. The summed E-state index contributed by atoms with van der Waals surface area (Å²) in [5, 5.41) is 1.22. The molecule has 2 aromatic carbocycles. The van der Waals surface area contributed by atoms with Gasteiger partial charge in [0.1, 0.15) is 11.3 Å². The first-order valence-electron chi connectivity index (χ1n) is 8.89. The summed E-state index contributed by atoms with van der Waals surface area (Å²) >= 11 is 2.07. The number of benzene rings is 2. The summed E-state index contributed by atoms with van der Waals surface area (Å²) in [7, 11) is 0. The molecule has 0 atom stereocenters. The summed E-state index contributed by atoms with van der Waals surface area (Å²) in [6, 6.07) is 14.0. The van der Waals surface area contributed by atoms with E-state index in [1.807, 2.05) is 6.07 Å². The molecule has 1 aliphatic rings. The lowest BCUT2D eigenvalue weighted by molar-refractivity contribution is -0.149. The normalized spacial score (nSPS) is 15.0. The Balaban J connectivity index is 1.73. The van der Waals surface area contributed by atoms with Gasteiger partial charge in [0, 0.05) is 0 Å². The molecule has 0 spiro atoms. The number of anilines is 1. The predicted molar refractivity (Wildman–Crippen MR) is 116 cm³/mol. The fraction of sp³-hybridized carbons (Fsp3) is 0.190. The molecule has 0 bridgehead atoms. The summed E-state index contributed by atoms with van der Waals surface area (Å²) in [5.41, 5.74) is 3.85. The second-order valence-corrected chi connectivity index (χ2v) is 7.65. The standard InChI is InChI=1S/C21H19IN2O5/c1-13(2)29-19(25)12-28-18-9-8-14(11-17(18)22)10-16-20(26)23-24(21(16)27)15-6-4-3-5-7-15/h3-11,13H,12H2,1-2H3,(H,23,26)/b16-10-. The molecule has 29 heavy (non-hydrogen) atoms. The number of halogens is 1. The number of carbonyl (C=O) groups excluding carboxylic acids is 3. The van der Waals surface area contributed by atoms with Gasteiger partial charge in [-0.25, -0.2) is 9.80 Å². The molecular weight excluding hydrogens is 487 g/mol. The van der Waals surface area contributed by atoms with E-state index < -0.39 is 17.8 Å². The number of para-hydroxylation sites is 1. The van der Waals surface area contributed by atoms with Gasteiger partial charge in [-0.15, -0.1) is 0 Å². The molecular formula is C21H19IN2O5. The fourth-order valence-electron chi connectivity index (χ4n) is 2.64. The number of carbonyl (C=O) groups is 3. The van der Waals surface area contributed by atoms with Crippen LogP contribution in [0.5, 0.6) is 5.75 Å². The number of nitrogens with one attached hydrogen (secondary N) is 1. The van der Waals surface area contributed by atoms with Gasteiger partial charge in [0.25, 0.3) is 11.8 Å². The lowest BCUT2D eigenvalue weighted by atomic mass is 10.1. The quantitative estimate of drug-likeness (QED) is 0.282. The molecule has 1 heterocycles. The summed E-state index contributed by atoms with van der Waals surface area (Å²) in [4.78, 5) is 36.5. The van der Waals surface area contributed by atoms with Gasteiger partial charge in [-0.3, -0.25) is 15.0 Å². The molecule has 3 rings (SSSR count). The van der Waals surface area contributed by atoms with Gasteiger partial charge < -0.3 is 9.47 Å². The number of rotatable bonds is 6. The van der Waals surface area contributed by atoms with Crippen molar-refractivity contribution in [2.75, 3.05) is 11.6 Å². The Morgan fingerprint density at radius 3 is 2.55 bits per heavy atom. The van der Waals surface area contributed by atoms with Crippen molar-refractivity contribution in [2.45, 2.75) is 20.0 Å². The van der Waals surface area contributed by atoms with Crippen molar-refractivity contribution in [2.24, 2.45) is 0 Å². The van der Waals surface area contributed by atoms with E-state index in [1.165, 1.54) is 11.1 Å². The number of hydrazine groups is 1. The van der Waals surface area contributed by atoms with E-state index >= 15 is 0 Å². The Morgan fingerprint density at radius 1 is 1.17 bits per heavy atom. The average molecular weight is 506 g/mol. The summed E-state index contributed by atoms with van der Waals surface area (Å²) in [5.74, 6) is -0.823. The molecule has 0 saturated carbocycles. The van der Waals surface area contributed by atoms with Gasteiger partial charge in [0.15, 0.2) is 6.61 Å². The predicted octanol–water partition coefficient (Wildman–Crippen LogP) is 3.08. The van der Waals surface area contributed by atoms with Crippen LogP contribution in [0.25, 0.3) is 6.08 Å². The van der Waals surface area contributed by atoms with Gasteiger partial charge in [-0.05, 0) is 72.3 Å². The number of esters is 1. The van der Waals surface area contributed by atoms with Crippen molar-refractivity contribution in [1.82, 2.24) is 5.43 Å². The van der Waals surface area contributed by atoms with Gasteiger partial charge in [0.2, 0.25) is 0 Å². The topological polar surface area (TPSA) is 84.9 Å². The van der Waals surface area contributed by atoms with Crippen LogP contribution in [0.15, 0.2) is 54.1 Å². The Hall–Kier alpha value is -2.88. The van der Waals surface area contributed by atoms with E-state index in [2.05, 4.69) is 28.0 Å². The van der Waals surface area contributed by atoms with Gasteiger partial charge >= 0.3 is 5.97 Å². The van der Waals surface area contributed by atoms with Crippen LogP contribution in [-0.4, -0.2) is 30.5 Å². The fourth-order valence-corrected chi connectivity index (χ4v) is 3.34. The monoisotopic (exact) mass is 506 g/mol. The molecule has 0 unspecified atom stereocenters. The van der Waals surface area contributed by atoms with E-state index in [0.717, 1.165) is 3.57 Å². The smallest absolute Gasteiger partial charge is 0.344 e. The average Bonchev–Trinajstić information content (AvgIpc) is 2.96. The summed E-state index contributed by atoms with van der Waals surface area (Å²) < 4.78 is 11.3. The zero-order valence-corrected chi connectivity index (χ0v) is 18.0. The highest BCUT2D eigenvalue weighted by Crippen LogP contribution is 2.25. The van der Waals surface area contributed by atoms with Crippen LogP contribution in [0.4, 0.5) is 5.69 Å². The number of ether oxygens (including phenoxy) is 2. The highest BCUT2D eigenvalue weighted by atomic mass is 127. The Morgan fingerprint density at radius 2 is 1.90 bits per heavy atom. The number of hydrogen-bond acceptors (Lipinski definition) is 5. The van der Waals surface area contributed by atoms with Crippen molar-refractivity contribution in [3.8, 4) is 5.75 Å². The maximum absolute atomic E-state index is 12.6.